The third-order valence-electron chi connectivity index (χ3n) is 4.26. The van der Waals surface area contributed by atoms with Gasteiger partial charge in [0.05, 0.1) is 0 Å². The van der Waals surface area contributed by atoms with E-state index in [0.717, 1.165) is 11.4 Å². The van der Waals surface area contributed by atoms with Crippen LogP contribution in [0.1, 0.15) is 64.1 Å². The van der Waals surface area contributed by atoms with Gasteiger partial charge in [-0.05, 0) is 35.4 Å². The summed E-state index contributed by atoms with van der Waals surface area (Å²) in [7, 11) is 4.12. The molecular formula is C23H32N2. The van der Waals surface area contributed by atoms with E-state index in [4.69, 9.17) is 4.98 Å². The zero-order chi connectivity index (χ0) is 18.8. The standard InChI is InChI=1S/C23H32N2/c1-22(2,3)20-15-18(16-21(24-20)23(4,5)6)10-9-17-11-13-19(14-12-17)25(7)8/h9-16H,1-8H3. The Bertz CT molecular complexity index is 707. The minimum atomic E-state index is 0.0389. The Labute approximate surface area is 153 Å². The molecule has 1 heterocycles. The summed E-state index contributed by atoms with van der Waals surface area (Å²) in [5, 5.41) is 0. The van der Waals surface area contributed by atoms with Crippen molar-refractivity contribution in [3.63, 3.8) is 0 Å². The Balaban J connectivity index is 2.37. The fraction of sp³-hybridized carbons (Fsp3) is 0.435. The van der Waals surface area contributed by atoms with Gasteiger partial charge in [0.15, 0.2) is 0 Å². The lowest BCUT2D eigenvalue weighted by Gasteiger charge is -2.24. The van der Waals surface area contributed by atoms with Crippen LogP contribution in [-0.4, -0.2) is 19.1 Å². The summed E-state index contributed by atoms with van der Waals surface area (Å²) in [4.78, 5) is 7.04. The highest BCUT2D eigenvalue weighted by atomic mass is 15.1. The van der Waals surface area contributed by atoms with Crippen molar-refractivity contribution in [3.8, 4) is 0 Å². The van der Waals surface area contributed by atoms with Crippen LogP contribution in [0.4, 0.5) is 5.69 Å². The summed E-state index contributed by atoms with van der Waals surface area (Å²) in [6.07, 6.45) is 4.37. The number of hydrogen-bond donors (Lipinski definition) is 0. The molecule has 0 saturated carbocycles. The van der Waals surface area contributed by atoms with Gasteiger partial charge in [0.2, 0.25) is 0 Å². The van der Waals surface area contributed by atoms with Crippen LogP contribution in [0.3, 0.4) is 0 Å². The van der Waals surface area contributed by atoms with Crippen molar-refractivity contribution in [2.24, 2.45) is 0 Å². The Morgan fingerprint density at radius 2 is 1.16 bits per heavy atom. The van der Waals surface area contributed by atoms with E-state index >= 15 is 0 Å². The lowest BCUT2D eigenvalue weighted by Crippen LogP contribution is -2.20. The zero-order valence-corrected chi connectivity index (χ0v) is 17.0. The second kappa shape index (κ2) is 7.03. The van der Waals surface area contributed by atoms with E-state index in [0.29, 0.717) is 0 Å². The van der Waals surface area contributed by atoms with Gasteiger partial charge in [-0.3, -0.25) is 4.98 Å². The van der Waals surface area contributed by atoms with Crippen molar-refractivity contribution < 1.29 is 0 Å². The monoisotopic (exact) mass is 336 g/mol. The molecule has 134 valence electrons. The van der Waals surface area contributed by atoms with Crippen molar-refractivity contribution in [1.82, 2.24) is 4.98 Å². The molecule has 2 rings (SSSR count). The largest absolute Gasteiger partial charge is 0.378 e. The average Bonchev–Trinajstić information content (AvgIpc) is 2.51. The van der Waals surface area contributed by atoms with Crippen LogP contribution >= 0.6 is 0 Å². The smallest absolute Gasteiger partial charge is 0.0466 e. The van der Waals surface area contributed by atoms with E-state index in [1.54, 1.807) is 0 Å². The minimum Gasteiger partial charge on any atom is -0.378 e. The third-order valence-corrected chi connectivity index (χ3v) is 4.26. The first kappa shape index (κ1) is 19.2. The van der Waals surface area contributed by atoms with Gasteiger partial charge in [0.1, 0.15) is 0 Å². The molecule has 25 heavy (non-hydrogen) atoms. The van der Waals surface area contributed by atoms with Crippen LogP contribution in [0.25, 0.3) is 12.2 Å². The number of aromatic nitrogens is 1. The Morgan fingerprint density at radius 1 is 0.720 bits per heavy atom. The van der Waals surface area contributed by atoms with Crippen LogP contribution in [0.15, 0.2) is 36.4 Å². The van der Waals surface area contributed by atoms with Crippen molar-refractivity contribution in [2.45, 2.75) is 52.4 Å². The maximum absolute atomic E-state index is 4.92. The van der Waals surface area contributed by atoms with Crippen LogP contribution in [-0.2, 0) is 10.8 Å². The third kappa shape index (κ3) is 5.19. The molecule has 0 aliphatic rings. The van der Waals surface area contributed by atoms with Crippen LogP contribution in [0.2, 0.25) is 0 Å². The van der Waals surface area contributed by atoms with Crippen molar-refractivity contribution >= 4 is 17.8 Å². The van der Waals surface area contributed by atoms with Gasteiger partial charge in [0, 0.05) is 42.0 Å². The molecule has 2 nitrogen and oxygen atoms in total. The zero-order valence-electron chi connectivity index (χ0n) is 17.0. The highest BCUT2D eigenvalue weighted by molar-refractivity contribution is 5.71. The molecule has 0 radical (unpaired) electrons. The van der Waals surface area contributed by atoms with Gasteiger partial charge in [0.25, 0.3) is 0 Å². The van der Waals surface area contributed by atoms with E-state index in [1.165, 1.54) is 16.8 Å². The SMILES string of the molecule is CN(C)c1ccc(C=Cc2cc(C(C)(C)C)nc(C(C)(C)C)c2)cc1. The maximum atomic E-state index is 4.92. The van der Waals surface area contributed by atoms with Gasteiger partial charge in [-0.15, -0.1) is 0 Å². The number of pyridine rings is 1. The maximum Gasteiger partial charge on any atom is 0.0466 e. The molecule has 0 spiro atoms. The van der Waals surface area contributed by atoms with E-state index in [2.05, 4.69) is 109 Å². The van der Waals surface area contributed by atoms with Crippen LogP contribution < -0.4 is 4.90 Å². The first-order valence-corrected chi connectivity index (χ1v) is 8.95. The van der Waals surface area contributed by atoms with Gasteiger partial charge in [-0.25, -0.2) is 0 Å². The number of rotatable bonds is 3. The highest BCUT2D eigenvalue weighted by Crippen LogP contribution is 2.28. The summed E-state index contributed by atoms with van der Waals surface area (Å²) in [5.41, 5.74) is 5.99. The van der Waals surface area contributed by atoms with Gasteiger partial charge in [-0.2, -0.15) is 0 Å². The second-order valence-electron chi connectivity index (χ2n) is 8.99. The van der Waals surface area contributed by atoms with Gasteiger partial charge >= 0.3 is 0 Å². The summed E-state index contributed by atoms with van der Waals surface area (Å²) in [6.45, 7) is 13.3. The Kier molecular flexibility index (Phi) is 5.41. The molecule has 0 fully saturated rings. The molecule has 0 aliphatic carbocycles. The van der Waals surface area contributed by atoms with Gasteiger partial charge in [-0.1, -0.05) is 65.8 Å². The Morgan fingerprint density at radius 3 is 1.56 bits per heavy atom. The van der Waals surface area contributed by atoms with Crippen molar-refractivity contribution in [2.75, 3.05) is 19.0 Å². The van der Waals surface area contributed by atoms with E-state index in [-0.39, 0.29) is 10.8 Å². The lowest BCUT2D eigenvalue weighted by atomic mass is 9.86. The molecule has 0 atom stereocenters. The summed E-state index contributed by atoms with van der Waals surface area (Å²) in [6, 6.07) is 13.0. The summed E-state index contributed by atoms with van der Waals surface area (Å²) in [5.74, 6) is 0. The molecule has 2 aromatic rings. The van der Waals surface area contributed by atoms with Crippen LogP contribution in [0.5, 0.6) is 0 Å². The molecule has 0 amide bonds. The van der Waals surface area contributed by atoms with Gasteiger partial charge < -0.3 is 4.90 Å². The predicted molar refractivity (Wildman–Crippen MR) is 111 cm³/mol. The molecule has 0 aliphatic heterocycles. The molecule has 0 unspecified atom stereocenters. The minimum absolute atomic E-state index is 0.0389. The predicted octanol–water partition coefficient (Wildman–Crippen LogP) is 5.91. The normalized spacial score (nSPS) is 12.6. The van der Waals surface area contributed by atoms with Crippen molar-refractivity contribution in [1.29, 1.82) is 0 Å². The molecule has 0 bridgehead atoms. The number of hydrogen-bond acceptors (Lipinski definition) is 2. The molecule has 0 N–H and O–H groups in total. The molecule has 1 aromatic carbocycles. The quantitative estimate of drug-likeness (QED) is 0.692. The number of nitrogens with zero attached hydrogens (tertiary/aromatic N) is 2. The van der Waals surface area contributed by atoms with E-state index in [1.807, 2.05) is 0 Å². The number of anilines is 1. The molecule has 0 saturated heterocycles. The number of benzene rings is 1. The van der Waals surface area contributed by atoms with E-state index < -0.39 is 0 Å². The first-order chi connectivity index (χ1) is 11.5. The molecule has 1 aromatic heterocycles. The topological polar surface area (TPSA) is 16.1 Å². The second-order valence-corrected chi connectivity index (χ2v) is 8.99. The average molecular weight is 337 g/mol. The van der Waals surface area contributed by atoms with Crippen molar-refractivity contribution in [3.05, 3.63) is 58.9 Å². The van der Waals surface area contributed by atoms with Crippen LogP contribution in [0, 0.1) is 0 Å². The fourth-order valence-electron chi connectivity index (χ4n) is 2.49. The molecular weight excluding hydrogens is 304 g/mol. The van der Waals surface area contributed by atoms with E-state index in [9.17, 15) is 0 Å². The molecule has 2 heteroatoms. The fourth-order valence-corrected chi connectivity index (χ4v) is 2.49. The summed E-state index contributed by atoms with van der Waals surface area (Å²) < 4.78 is 0. The highest BCUT2D eigenvalue weighted by Gasteiger charge is 2.21. The summed E-state index contributed by atoms with van der Waals surface area (Å²) >= 11 is 0. The lowest BCUT2D eigenvalue weighted by molar-refractivity contribution is 0.531. The first-order valence-electron chi connectivity index (χ1n) is 8.95. The Hall–Kier alpha value is -2.09.